The lowest BCUT2D eigenvalue weighted by atomic mass is 9.94. The van der Waals surface area contributed by atoms with Gasteiger partial charge in [-0.15, -0.1) is 0 Å². The second kappa shape index (κ2) is 7.03. The first kappa shape index (κ1) is 15.2. The van der Waals surface area contributed by atoms with Crippen LogP contribution in [0.2, 0.25) is 0 Å². The molecule has 1 aliphatic rings. The maximum atomic E-state index is 13.5. The first-order valence-corrected chi connectivity index (χ1v) is 7.88. The number of benzene rings is 2. The number of nitrogens with one attached hydrogen (secondary N) is 1. The average Bonchev–Trinajstić information content (AvgIpc) is 2.53. The van der Waals surface area contributed by atoms with E-state index in [1.54, 1.807) is 12.1 Å². The first-order chi connectivity index (χ1) is 10.7. The number of ether oxygens (including phenoxy) is 1. The zero-order chi connectivity index (χ0) is 15.4. The summed E-state index contributed by atoms with van der Waals surface area (Å²) in [5.41, 5.74) is 3.08. The van der Waals surface area contributed by atoms with Crippen molar-refractivity contribution in [2.75, 3.05) is 6.54 Å². The Morgan fingerprint density at radius 2 is 2.00 bits per heavy atom. The van der Waals surface area contributed by atoms with Crippen LogP contribution < -0.4 is 5.32 Å². The predicted octanol–water partition coefficient (Wildman–Crippen LogP) is 4.14. The van der Waals surface area contributed by atoms with Gasteiger partial charge in [0.25, 0.3) is 0 Å². The van der Waals surface area contributed by atoms with Gasteiger partial charge in [0, 0.05) is 0 Å². The quantitative estimate of drug-likeness (QED) is 0.916. The Balaban J connectivity index is 1.69. The third-order valence-corrected chi connectivity index (χ3v) is 4.13. The molecule has 0 saturated carbocycles. The molecule has 0 bridgehead atoms. The molecule has 3 rings (SSSR count). The van der Waals surface area contributed by atoms with Crippen molar-refractivity contribution in [3.63, 3.8) is 0 Å². The van der Waals surface area contributed by atoms with Gasteiger partial charge in [0.2, 0.25) is 0 Å². The molecule has 1 aliphatic heterocycles. The Labute approximate surface area is 131 Å². The van der Waals surface area contributed by atoms with Gasteiger partial charge >= 0.3 is 0 Å². The highest BCUT2D eigenvalue weighted by atomic mass is 19.1. The molecule has 0 amide bonds. The molecule has 2 nitrogen and oxygen atoms in total. The molecule has 1 saturated heterocycles. The van der Waals surface area contributed by atoms with Gasteiger partial charge in [0.05, 0.1) is 18.8 Å². The van der Waals surface area contributed by atoms with E-state index in [-0.39, 0.29) is 18.0 Å². The van der Waals surface area contributed by atoms with Crippen LogP contribution in [0.5, 0.6) is 0 Å². The van der Waals surface area contributed by atoms with Gasteiger partial charge in [-0.05, 0) is 55.1 Å². The van der Waals surface area contributed by atoms with Gasteiger partial charge in [-0.3, -0.25) is 0 Å². The minimum atomic E-state index is -0.194. The van der Waals surface area contributed by atoms with Crippen molar-refractivity contribution in [3.05, 3.63) is 71.0 Å². The van der Waals surface area contributed by atoms with Crippen molar-refractivity contribution in [3.8, 4) is 0 Å². The normalized spacial score (nSPS) is 21.7. The molecule has 0 aliphatic carbocycles. The van der Waals surface area contributed by atoms with Gasteiger partial charge in [0.15, 0.2) is 0 Å². The maximum Gasteiger partial charge on any atom is 0.123 e. The zero-order valence-corrected chi connectivity index (χ0v) is 12.9. The Kier molecular flexibility index (Phi) is 4.86. The Morgan fingerprint density at radius 3 is 2.77 bits per heavy atom. The van der Waals surface area contributed by atoms with Crippen LogP contribution in [0.15, 0.2) is 48.5 Å². The van der Waals surface area contributed by atoms with Crippen molar-refractivity contribution in [1.29, 1.82) is 0 Å². The van der Waals surface area contributed by atoms with Crippen molar-refractivity contribution >= 4 is 0 Å². The van der Waals surface area contributed by atoms with Gasteiger partial charge < -0.3 is 10.1 Å². The lowest BCUT2D eigenvalue weighted by Crippen LogP contribution is -2.39. The molecule has 3 heteroatoms. The SMILES string of the molecule is Cc1cc(F)cc(COC2CCCNC2c2ccccc2)c1. The predicted molar refractivity (Wildman–Crippen MR) is 86.1 cm³/mol. The summed E-state index contributed by atoms with van der Waals surface area (Å²) < 4.78 is 19.6. The van der Waals surface area contributed by atoms with Crippen molar-refractivity contribution in [1.82, 2.24) is 5.32 Å². The van der Waals surface area contributed by atoms with E-state index in [1.807, 2.05) is 19.1 Å². The molecule has 1 N–H and O–H groups in total. The molecule has 2 aromatic rings. The van der Waals surface area contributed by atoms with E-state index in [0.29, 0.717) is 6.61 Å². The number of hydrogen-bond acceptors (Lipinski definition) is 2. The third kappa shape index (κ3) is 3.73. The zero-order valence-electron chi connectivity index (χ0n) is 12.9. The Hall–Kier alpha value is -1.71. The number of piperidine rings is 1. The molecular weight excluding hydrogens is 277 g/mol. The summed E-state index contributed by atoms with van der Waals surface area (Å²) in [7, 11) is 0. The molecule has 22 heavy (non-hydrogen) atoms. The average molecular weight is 299 g/mol. The summed E-state index contributed by atoms with van der Waals surface area (Å²) in [5.74, 6) is -0.194. The summed E-state index contributed by atoms with van der Waals surface area (Å²) in [6, 6.07) is 15.7. The second-order valence-electron chi connectivity index (χ2n) is 5.97. The van der Waals surface area contributed by atoms with E-state index in [2.05, 4.69) is 29.6 Å². The third-order valence-electron chi connectivity index (χ3n) is 4.13. The summed E-state index contributed by atoms with van der Waals surface area (Å²) >= 11 is 0. The number of rotatable bonds is 4. The Morgan fingerprint density at radius 1 is 1.18 bits per heavy atom. The van der Waals surface area contributed by atoms with E-state index in [9.17, 15) is 4.39 Å². The molecule has 2 aromatic carbocycles. The van der Waals surface area contributed by atoms with Crippen LogP contribution in [0.4, 0.5) is 4.39 Å². The fourth-order valence-corrected chi connectivity index (χ4v) is 3.13. The largest absolute Gasteiger partial charge is 0.372 e. The van der Waals surface area contributed by atoms with Crippen molar-refractivity contribution in [2.24, 2.45) is 0 Å². The second-order valence-corrected chi connectivity index (χ2v) is 5.97. The Bertz CT molecular complexity index is 594. The summed E-state index contributed by atoms with van der Waals surface area (Å²) in [6.45, 7) is 3.37. The maximum absolute atomic E-state index is 13.5. The van der Waals surface area contributed by atoms with Gasteiger partial charge in [0.1, 0.15) is 5.82 Å². The van der Waals surface area contributed by atoms with E-state index < -0.39 is 0 Å². The van der Waals surface area contributed by atoms with E-state index in [0.717, 1.165) is 30.5 Å². The minimum Gasteiger partial charge on any atom is -0.372 e. The minimum absolute atomic E-state index is 0.125. The summed E-state index contributed by atoms with van der Waals surface area (Å²) in [5, 5.41) is 3.55. The molecule has 116 valence electrons. The monoisotopic (exact) mass is 299 g/mol. The van der Waals surface area contributed by atoms with Crippen LogP contribution in [0, 0.1) is 12.7 Å². The topological polar surface area (TPSA) is 21.3 Å². The fourth-order valence-electron chi connectivity index (χ4n) is 3.13. The van der Waals surface area contributed by atoms with Crippen LogP contribution in [-0.4, -0.2) is 12.6 Å². The lowest BCUT2D eigenvalue weighted by Gasteiger charge is -2.33. The van der Waals surface area contributed by atoms with Gasteiger partial charge in [-0.25, -0.2) is 4.39 Å². The standard InChI is InChI=1S/C19H22FNO/c1-14-10-15(12-17(20)11-14)13-22-18-8-5-9-21-19(18)16-6-3-2-4-7-16/h2-4,6-7,10-12,18-19,21H,5,8-9,13H2,1H3. The number of hydrogen-bond donors (Lipinski definition) is 1. The van der Waals surface area contributed by atoms with Crippen molar-refractivity contribution < 1.29 is 9.13 Å². The van der Waals surface area contributed by atoms with Gasteiger partial charge in [-0.1, -0.05) is 36.4 Å². The van der Waals surface area contributed by atoms with Crippen molar-refractivity contribution in [2.45, 2.75) is 38.5 Å². The summed E-state index contributed by atoms with van der Waals surface area (Å²) in [6.07, 6.45) is 2.26. The highest BCUT2D eigenvalue weighted by molar-refractivity contribution is 5.23. The highest BCUT2D eigenvalue weighted by Crippen LogP contribution is 2.27. The first-order valence-electron chi connectivity index (χ1n) is 7.88. The van der Waals surface area contributed by atoms with Crippen LogP contribution in [0.25, 0.3) is 0 Å². The molecule has 0 spiro atoms. The molecule has 1 heterocycles. The molecule has 0 radical (unpaired) electrons. The number of halogens is 1. The molecule has 1 fully saturated rings. The van der Waals surface area contributed by atoms with Crippen LogP contribution >= 0.6 is 0 Å². The van der Waals surface area contributed by atoms with Crippen LogP contribution in [-0.2, 0) is 11.3 Å². The fraction of sp³-hybridized carbons (Fsp3) is 0.368. The molecule has 2 unspecified atom stereocenters. The smallest absolute Gasteiger partial charge is 0.123 e. The lowest BCUT2D eigenvalue weighted by molar-refractivity contribution is -0.00367. The van der Waals surface area contributed by atoms with Crippen LogP contribution in [0.3, 0.4) is 0 Å². The molecule has 0 aromatic heterocycles. The van der Waals surface area contributed by atoms with Crippen LogP contribution in [0.1, 0.15) is 35.6 Å². The molecular formula is C19H22FNO. The number of aryl methyl sites for hydroxylation is 1. The highest BCUT2D eigenvalue weighted by Gasteiger charge is 2.26. The van der Waals surface area contributed by atoms with E-state index in [1.165, 1.54) is 5.56 Å². The van der Waals surface area contributed by atoms with E-state index >= 15 is 0 Å². The molecule has 2 atom stereocenters. The van der Waals surface area contributed by atoms with Gasteiger partial charge in [-0.2, -0.15) is 0 Å². The van der Waals surface area contributed by atoms with E-state index in [4.69, 9.17) is 4.74 Å². The summed E-state index contributed by atoms with van der Waals surface area (Å²) in [4.78, 5) is 0.